The van der Waals surface area contributed by atoms with Crippen molar-refractivity contribution >= 4 is 17.4 Å². The fourth-order valence-electron chi connectivity index (χ4n) is 3.18. The number of nitrogens with zero attached hydrogens (tertiary/aromatic N) is 4. The number of aryl methyl sites for hydroxylation is 1. The molecule has 3 rings (SSSR count). The van der Waals surface area contributed by atoms with Crippen LogP contribution in [-0.4, -0.2) is 53.7 Å². The van der Waals surface area contributed by atoms with E-state index in [-0.39, 0.29) is 5.91 Å². The number of piperazine rings is 1. The normalized spacial score (nSPS) is 14.4. The van der Waals surface area contributed by atoms with Crippen LogP contribution in [0, 0.1) is 13.8 Å². The highest BCUT2D eigenvalue weighted by atomic mass is 16.2. The zero-order valence-electron chi connectivity index (χ0n) is 15.8. The first-order chi connectivity index (χ1) is 12.6. The van der Waals surface area contributed by atoms with Gasteiger partial charge in [0.1, 0.15) is 5.82 Å². The van der Waals surface area contributed by atoms with Crippen molar-refractivity contribution in [1.29, 1.82) is 0 Å². The lowest BCUT2D eigenvalue weighted by molar-refractivity contribution is 0.0739. The van der Waals surface area contributed by atoms with Gasteiger partial charge in [0.2, 0.25) is 0 Å². The predicted molar refractivity (Wildman–Crippen MR) is 105 cm³/mol. The minimum absolute atomic E-state index is 0.0415. The number of hydrogen-bond donors (Lipinski definition) is 1. The van der Waals surface area contributed by atoms with E-state index in [1.54, 1.807) is 6.07 Å². The Morgan fingerprint density at radius 1 is 1.08 bits per heavy atom. The number of carbonyl (C=O) groups excluding carboxylic acids is 1. The van der Waals surface area contributed by atoms with E-state index in [9.17, 15) is 4.79 Å². The van der Waals surface area contributed by atoms with Crippen LogP contribution in [-0.2, 0) is 0 Å². The fraction of sp³-hybridized carbons (Fsp3) is 0.450. The van der Waals surface area contributed by atoms with Gasteiger partial charge in [-0.15, -0.1) is 10.2 Å². The van der Waals surface area contributed by atoms with Crippen LogP contribution in [0.2, 0.25) is 0 Å². The summed E-state index contributed by atoms with van der Waals surface area (Å²) in [6.07, 6.45) is 1.02. The highest BCUT2D eigenvalue weighted by molar-refractivity contribution is 5.92. The molecule has 26 heavy (non-hydrogen) atoms. The Morgan fingerprint density at radius 3 is 2.50 bits per heavy atom. The third-order valence-electron chi connectivity index (χ3n) is 4.92. The molecule has 0 atom stereocenters. The average molecular weight is 353 g/mol. The first-order valence-electron chi connectivity index (χ1n) is 9.28. The van der Waals surface area contributed by atoms with Crippen molar-refractivity contribution in [1.82, 2.24) is 15.1 Å². The van der Waals surface area contributed by atoms with Gasteiger partial charge in [-0.3, -0.25) is 4.79 Å². The van der Waals surface area contributed by atoms with Crippen LogP contribution in [0.25, 0.3) is 0 Å². The summed E-state index contributed by atoms with van der Waals surface area (Å²) >= 11 is 0. The third kappa shape index (κ3) is 3.95. The Morgan fingerprint density at radius 2 is 1.85 bits per heavy atom. The molecule has 1 aromatic carbocycles. The maximum absolute atomic E-state index is 12.7. The van der Waals surface area contributed by atoms with Crippen molar-refractivity contribution in [2.75, 3.05) is 42.9 Å². The van der Waals surface area contributed by atoms with Crippen LogP contribution < -0.4 is 10.2 Å². The molecule has 2 heterocycles. The summed E-state index contributed by atoms with van der Waals surface area (Å²) in [5.74, 6) is 0.670. The van der Waals surface area contributed by atoms with Gasteiger partial charge < -0.3 is 15.1 Å². The molecule has 0 unspecified atom stereocenters. The summed E-state index contributed by atoms with van der Waals surface area (Å²) < 4.78 is 0. The summed E-state index contributed by atoms with van der Waals surface area (Å²) in [6.45, 7) is 10.3. The Hall–Kier alpha value is -2.63. The first-order valence-corrected chi connectivity index (χ1v) is 9.28. The SMILES string of the molecule is CCCNc1ccc(C(=O)N2CCN(c3cccc(C)c3C)CC2)nn1. The van der Waals surface area contributed by atoms with E-state index in [1.807, 2.05) is 11.0 Å². The molecule has 1 saturated heterocycles. The molecule has 6 nitrogen and oxygen atoms in total. The molecule has 1 amide bonds. The highest BCUT2D eigenvalue weighted by Gasteiger charge is 2.24. The van der Waals surface area contributed by atoms with Crippen molar-refractivity contribution in [3.05, 3.63) is 47.2 Å². The van der Waals surface area contributed by atoms with Crippen molar-refractivity contribution in [3.8, 4) is 0 Å². The maximum Gasteiger partial charge on any atom is 0.274 e. The molecular formula is C20H27N5O. The summed E-state index contributed by atoms with van der Waals surface area (Å²) in [7, 11) is 0. The monoisotopic (exact) mass is 353 g/mol. The van der Waals surface area contributed by atoms with E-state index in [1.165, 1.54) is 16.8 Å². The van der Waals surface area contributed by atoms with Gasteiger partial charge >= 0.3 is 0 Å². The number of anilines is 2. The minimum atomic E-state index is -0.0415. The van der Waals surface area contributed by atoms with Crippen molar-refractivity contribution in [2.45, 2.75) is 27.2 Å². The topological polar surface area (TPSA) is 61.4 Å². The molecule has 0 bridgehead atoms. The largest absolute Gasteiger partial charge is 0.369 e. The molecule has 138 valence electrons. The molecule has 0 spiro atoms. The van der Waals surface area contributed by atoms with Gasteiger partial charge in [-0.05, 0) is 49.6 Å². The lowest BCUT2D eigenvalue weighted by Crippen LogP contribution is -2.49. The van der Waals surface area contributed by atoms with Gasteiger partial charge in [0.15, 0.2) is 5.69 Å². The summed E-state index contributed by atoms with van der Waals surface area (Å²) in [5, 5.41) is 11.4. The van der Waals surface area contributed by atoms with Crippen molar-refractivity contribution in [3.63, 3.8) is 0 Å². The molecule has 1 aliphatic heterocycles. The summed E-state index contributed by atoms with van der Waals surface area (Å²) in [6, 6.07) is 9.97. The van der Waals surface area contributed by atoms with Crippen LogP contribution in [0.4, 0.5) is 11.5 Å². The minimum Gasteiger partial charge on any atom is -0.369 e. The van der Waals surface area contributed by atoms with E-state index in [0.717, 1.165) is 26.1 Å². The number of aromatic nitrogens is 2. The molecule has 0 saturated carbocycles. The summed E-state index contributed by atoms with van der Waals surface area (Å²) in [5.41, 5.74) is 4.29. The quantitative estimate of drug-likeness (QED) is 0.896. The lowest BCUT2D eigenvalue weighted by Gasteiger charge is -2.36. The van der Waals surface area contributed by atoms with Crippen LogP contribution in [0.5, 0.6) is 0 Å². The number of carbonyl (C=O) groups is 1. The number of rotatable bonds is 5. The van der Waals surface area contributed by atoms with Gasteiger partial charge in [-0.25, -0.2) is 0 Å². The van der Waals surface area contributed by atoms with Crippen LogP contribution in [0.15, 0.2) is 30.3 Å². The van der Waals surface area contributed by atoms with E-state index < -0.39 is 0 Å². The number of hydrogen-bond acceptors (Lipinski definition) is 5. The van der Waals surface area contributed by atoms with E-state index in [4.69, 9.17) is 0 Å². The predicted octanol–water partition coefficient (Wildman–Crippen LogP) is 2.88. The first kappa shape index (κ1) is 18.2. The van der Waals surface area contributed by atoms with Gasteiger partial charge in [0.05, 0.1) is 0 Å². The molecular weight excluding hydrogens is 326 g/mol. The zero-order chi connectivity index (χ0) is 18.5. The van der Waals surface area contributed by atoms with Crippen molar-refractivity contribution in [2.24, 2.45) is 0 Å². The van der Waals surface area contributed by atoms with Crippen LogP contribution in [0.3, 0.4) is 0 Å². The Balaban J connectivity index is 1.60. The molecule has 1 N–H and O–H groups in total. The fourth-order valence-corrected chi connectivity index (χ4v) is 3.18. The molecule has 1 aliphatic rings. The second-order valence-corrected chi connectivity index (χ2v) is 6.73. The number of amides is 1. The maximum atomic E-state index is 12.7. The van der Waals surface area contributed by atoms with E-state index in [2.05, 4.69) is 59.4 Å². The second-order valence-electron chi connectivity index (χ2n) is 6.73. The number of nitrogens with one attached hydrogen (secondary N) is 1. The highest BCUT2D eigenvalue weighted by Crippen LogP contribution is 2.24. The van der Waals surface area contributed by atoms with E-state index >= 15 is 0 Å². The van der Waals surface area contributed by atoms with Crippen LogP contribution >= 0.6 is 0 Å². The summed E-state index contributed by atoms with van der Waals surface area (Å²) in [4.78, 5) is 16.9. The van der Waals surface area contributed by atoms with E-state index in [0.29, 0.717) is 24.6 Å². The molecule has 2 aromatic rings. The molecule has 0 radical (unpaired) electrons. The zero-order valence-corrected chi connectivity index (χ0v) is 15.8. The molecule has 1 aromatic heterocycles. The third-order valence-corrected chi connectivity index (χ3v) is 4.92. The van der Waals surface area contributed by atoms with Crippen molar-refractivity contribution < 1.29 is 4.79 Å². The Kier molecular flexibility index (Phi) is 5.71. The van der Waals surface area contributed by atoms with Crippen LogP contribution in [0.1, 0.15) is 35.0 Å². The standard InChI is InChI=1S/C20H27N5O/c1-4-10-21-19-9-8-17(22-23-19)20(26)25-13-11-24(12-14-25)18-7-5-6-15(2)16(18)3/h5-9H,4,10-14H2,1-3H3,(H,21,23). The molecule has 0 aliphatic carbocycles. The lowest BCUT2D eigenvalue weighted by atomic mass is 10.1. The Labute approximate surface area is 155 Å². The molecule has 1 fully saturated rings. The number of benzene rings is 1. The van der Waals surface area contributed by atoms with Gasteiger partial charge in [0, 0.05) is 38.4 Å². The van der Waals surface area contributed by atoms with Gasteiger partial charge in [-0.2, -0.15) is 0 Å². The Bertz CT molecular complexity index is 751. The van der Waals surface area contributed by atoms with Gasteiger partial charge in [-0.1, -0.05) is 19.1 Å². The second kappa shape index (κ2) is 8.17. The smallest absolute Gasteiger partial charge is 0.274 e. The average Bonchev–Trinajstić information content (AvgIpc) is 2.68. The molecule has 6 heteroatoms. The van der Waals surface area contributed by atoms with Gasteiger partial charge in [0.25, 0.3) is 5.91 Å².